The van der Waals surface area contributed by atoms with Gasteiger partial charge in [0.05, 0.1) is 11.9 Å². The van der Waals surface area contributed by atoms with Crippen LogP contribution in [0.25, 0.3) is 22.6 Å². The third kappa shape index (κ3) is 2.58. The van der Waals surface area contributed by atoms with Crippen molar-refractivity contribution in [1.82, 2.24) is 19.7 Å². The Labute approximate surface area is 117 Å². The van der Waals surface area contributed by atoms with Gasteiger partial charge in [0.15, 0.2) is 11.6 Å². The molecule has 1 aromatic carbocycles. The Morgan fingerprint density at radius 2 is 1.95 bits per heavy atom. The number of halogens is 2. The molecule has 2 aromatic heterocycles. The van der Waals surface area contributed by atoms with E-state index in [9.17, 15) is 13.6 Å². The number of aryl methyl sites for hydroxylation is 1. The molecule has 0 fully saturated rings. The van der Waals surface area contributed by atoms with Crippen molar-refractivity contribution in [2.75, 3.05) is 0 Å². The Balaban J connectivity index is 2.13. The molecule has 3 rings (SSSR count). The third-order valence-corrected chi connectivity index (χ3v) is 2.94. The van der Waals surface area contributed by atoms with E-state index in [1.807, 2.05) is 0 Å². The summed E-state index contributed by atoms with van der Waals surface area (Å²) in [5, 5.41) is 4.01. The fourth-order valence-electron chi connectivity index (χ4n) is 1.94. The van der Waals surface area contributed by atoms with Gasteiger partial charge in [0, 0.05) is 30.4 Å². The zero-order valence-corrected chi connectivity index (χ0v) is 11.0. The first-order valence-electron chi connectivity index (χ1n) is 6.09. The maximum Gasteiger partial charge on any atom is 0.251 e. The monoisotopic (exact) mass is 288 g/mol. The Morgan fingerprint density at radius 1 is 1.14 bits per heavy atom. The maximum absolute atomic E-state index is 13.3. The zero-order valence-electron chi connectivity index (χ0n) is 11.0. The van der Waals surface area contributed by atoms with Crippen LogP contribution >= 0.6 is 0 Å². The minimum Gasteiger partial charge on any atom is -0.306 e. The quantitative estimate of drug-likeness (QED) is 0.785. The predicted octanol–water partition coefficient (Wildman–Crippen LogP) is 2.12. The van der Waals surface area contributed by atoms with Crippen LogP contribution in [0.1, 0.15) is 0 Å². The van der Waals surface area contributed by atoms with Gasteiger partial charge in [-0.1, -0.05) is 0 Å². The van der Waals surface area contributed by atoms with Crippen LogP contribution in [0.5, 0.6) is 0 Å². The average Bonchev–Trinajstić information content (AvgIpc) is 2.88. The van der Waals surface area contributed by atoms with Gasteiger partial charge in [-0.2, -0.15) is 5.10 Å². The molecule has 0 unspecified atom stereocenters. The molecule has 0 aliphatic rings. The molecule has 2 heterocycles. The molecule has 3 aromatic rings. The Morgan fingerprint density at radius 3 is 2.62 bits per heavy atom. The van der Waals surface area contributed by atoms with Crippen LogP contribution in [0.2, 0.25) is 0 Å². The summed E-state index contributed by atoms with van der Waals surface area (Å²) in [4.78, 5) is 18.5. The molecular weight excluding hydrogens is 278 g/mol. The van der Waals surface area contributed by atoms with Gasteiger partial charge in [-0.15, -0.1) is 0 Å². The molecule has 0 saturated carbocycles. The summed E-state index contributed by atoms with van der Waals surface area (Å²) >= 11 is 0. The number of aromatic nitrogens is 4. The van der Waals surface area contributed by atoms with Crippen molar-refractivity contribution < 1.29 is 8.78 Å². The summed E-state index contributed by atoms with van der Waals surface area (Å²) in [5.74, 6) is -1.79. The second-order valence-corrected chi connectivity index (χ2v) is 4.51. The third-order valence-electron chi connectivity index (χ3n) is 2.94. The highest BCUT2D eigenvalue weighted by Crippen LogP contribution is 2.20. The second-order valence-electron chi connectivity index (χ2n) is 4.51. The number of hydrogen-bond acceptors (Lipinski definition) is 3. The molecule has 0 radical (unpaired) electrons. The second kappa shape index (κ2) is 4.93. The van der Waals surface area contributed by atoms with E-state index >= 15 is 0 Å². The fourth-order valence-corrected chi connectivity index (χ4v) is 1.94. The van der Waals surface area contributed by atoms with E-state index in [4.69, 9.17) is 0 Å². The van der Waals surface area contributed by atoms with Gasteiger partial charge in [0.2, 0.25) is 0 Å². The van der Waals surface area contributed by atoms with Crippen LogP contribution in [-0.4, -0.2) is 19.7 Å². The predicted molar refractivity (Wildman–Crippen MR) is 72.4 cm³/mol. The van der Waals surface area contributed by atoms with E-state index in [1.54, 1.807) is 24.1 Å². The molecule has 0 aliphatic carbocycles. The number of benzene rings is 1. The SMILES string of the molecule is Cn1cc(-c2cc(=O)[nH]c(-c3ccc(F)c(F)c3)n2)cn1. The highest BCUT2D eigenvalue weighted by molar-refractivity contribution is 5.62. The number of aromatic amines is 1. The summed E-state index contributed by atoms with van der Waals surface area (Å²) in [5.41, 5.74) is 0.972. The maximum atomic E-state index is 13.3. The van der Waals surface area contributed by atoms with Crippen LogP contribution in [0, 0.1) is 11.6 Å². The lowest BCUT2D eigenvalue weighted by molar-refractivity contribution is 0.509. The summed E-state index contributed by atoms with van der Waals surface area (Å²) < 4.78 is 27.8. The van der Waals surface area contributed by atoms with Crippen LogP contribution in [0.4, 0.5) is 8.78 Å². The molecule has 7 heteroatoms. The first kappa shape index (κ1) is 13.2. The molecule has 0 spiro atoms. The van der Waals surface area contributed by atoms with Crippen molar-refractivity contribution in [3.63, 3.8) is 0 Å². The van der Waals surface area contributed by atoms with E-state index in [2.05, 4.69) is 15.1 Å². The van der Waals surface area contributed by atoms with Gasteiger partial charge < -0.3 is 4.98 Å². The average molecular weight is 288 g/mol. The fraction of sp³-hybridized carbons (Fsp3) is 0.0714. The standard InChI is InChI=1S/C14H10F2N4O/c1-20-7-9(6-17-20)12-5-13(21)19-14(18-12)8-2-3-10(15)11(16)4-8/h2-7H,1H3,(H,18,19,21). The van der Waals surface area contributed by atoms with Crippen molar-refractivity contribution >= 4 is 0 Å². The minimum atomic E-state index is -0.998. The first-order chi connectivity index (χ1) is 10.0. The van der Waals surface area contributed by atoms with E-state index in [1.165, 1.54) is 12.1 Å². The van der Waals surface area contributed by atoms with Gasteiger partial charge in [-0.3, -0.25) is 9.48 Å². The van der Waals surface area contributed by atoms with Crippen molar-refractivity contribution in [3.05, 3.63) is 58.6 Å². The Hall–Kier alpha value is -2.83. The van der Waals surface area contributed by atoms with Gasteiger partial charge in [0.25, 0.3) is 5.56 Å². The van der Waals surface area contributed by atoms with Crippen molar-refractivity contribution in [2.45, 2.75) is 0 Å². The van der Waals surface area contributed by atoms with Crippen LogP contribution in [0.15, 0.2) is 41.5 Å². The molecular formula is C14H10F2N4O. The smallest absolute Gasteiger partial charge is 0.251 e. The van der Waals surface area contributed by atoms with Crippen LogP contribution in [-0.2, 0) is 7.05 Å². The molecule has 1 N–H and O–H groups in total. The van der Waals surface area contributed by atoms with E-state index in [-0.39, 0.29) is 16.9 Å². The first-order valence-corrected chi connectivity index (χ1v) is 6.09. The number of rotatable bonds is 2. The molecule has 0 atom stereocenters. The summed E-state index contributed by atoms with van der Waals surface area (Å²) in [6.45, 7) is 0. The van der Waals surface area contributed by atoms with Crippen molar-refractivity contribution in [1.29, 1.82) is 0 Å². The molecule has 106 valence electrons. The lowest BCUT2D eigenvalue weighted by Crippen LogP contribution is -2.08. The van der Waals surface area contributed by atoms with Gasteiger partial charge in [-0.05, 0) is 18.2 Å². The lowest BCUT2D eigenvalue weighted by atomic mass is 10.2. The largest absolute Gasteiger partial charge is 0.306 e. The lowest BCUT2D eigenvalue weighted by Gasteiger charge is -2.03. The number of nitrogens with one attached hydrogen (secondary N) is 1. The summed E-state index contributed by atoms with van der Waals surface area (Å²) in [6, 6.07) is 4.64. The highest BCUT2D eigenvalue weighted by atomic mass is 19.2. The number of H-pyrrole nitrogens is 1. The van der Waals surface area contributed by atoms with Crippen molar-refractivity contribution in [2.24, 2.45) is 7.05 Å². The zero-order chi connectivity index (χ0) is 15.0. The van der Waals surface area contributed by atoms with E-state index in [0.29, 0.717) is 11.3 Å². The molecule has 0 saturated heterocycles. The minimum absolute atomic E-state index is 0.167. The summed E-state index contributed by atoms with van der Waals surface area (Å²) in [7, 11) is 1.74. The molecule has 0 bridgehead atoms. The molecule has 0 amide bonds. The normalized spacial score (nSPS) is 10.8. The molecule has 5 nitrogen and oxygen atoms in total. The molecule has 21 heavy (non-hydrogen) atoms. The van der Waals surface area contributed by atoms with Gasteiger partial charge in [0.1, 0.15) is 5.82 Å². The van der Waals surface area contributed by atoms with Gasteiger partial charge in [-0.25, -0.2) is 13.8 Å². The van der Waals surface area contributed by atoms with E-state index in [0.717, 1.165) is 12.1 Å². The van der Waals surface area contributed by atoms with E-state index < -0.39 is 11.6 Å². The Bertz CT molecular complexity index is 869. The topological polar surface area (TPSA) is 63.6 Å². The number of nitrogens with zero attached hydrogens (tertiary/aromatic N) is 3. The highest BCUT2D eigenvalue weighted by Gasteiger charge is 2.10. The van der Waals surface area contributed by atoms with Crippen LogP contribution < -0.4 is 5.56 Å². The van der Waals surface area contributed by atoms with Gasteiger partial charge >= 0.3 is 0 Å². The Kier molecular flexibility index (Phi) is 3.09. The number of hydrogen-bond donors (Lipinski definition) is 1. The summed E-state index contributed by atoms with van der Waals surface area (Å²) in [6.07, 6.45) is 3.27. The van der Waals surface area contributed by atoms with Crippen molar-refractivity contribution in [3.8, 4) is 22.6 Å². The van der Waals surface area contributed by atoms with Crippen LogP contribution in [0.3, 0.4) is 0 Å². The molecule has 0 aliphatic heterocycles.